The van der Waals surface area contributed by atoms with E-state index >= 15 is 0 Å². The van der Waals surface area contributed by atoms with E-state index in [9.17, 15) is 4.79 Å². The van der Waals surface area contributed by atoms with E-state index in [1.54, 1.807) is 12.1 Å². The van der Waals surface area contributed by atoms with Crippen molar-refractivity contribution in [3.8, 4) is 5.75 Å². The highest BCUT2D eigenvalue weighted by Gasteiger charge is 2.06. The molecule has 0 bridgehead atoms. The summed E-state index contributed by atoms with van der Waals surface area (Å²) >= 11 is 6.15. The van der Waals surface area contributed by atoms with Gasteiger partial charge in [-0.2, -0.15) is 0 Å². The summed E-state index contributed by atoms with van der Waals surface area (Å²) in [5.74, 6) is 0.581. The molecule has 2 rings (SSSR count). The average molecular weight is 275 g/mol. The number of hydrogen-bond acceptors (Lipinski definition) is 2. The number of aldehydes is 1. The third kappa shape index (κ3) is 3.36. The molecule has 0 N–H and O–H groups in total. The molecule has 2 aromatic rings. The maximum Gasteiger partial charge on any atom is 0.153 e. The van der Waals surface area contributed by atoms with Crippen LogP contribution in [-0.4, -0.2) is 6.29 Å². The molecule has 0 aliphatic rings. The smallest absolute Gasteiger partial charge is 0.153 e. The van der Waals surface area contributed by atoms with Gasteiger partial charge in [-0.05, 0) is 37.6 Å². The Labute approximate surface area is 118 Å². The maximum atomic E-state index is 11.0. The molecule has 3 heteroatoms. The molecule has 0 saturated carbocycles. The summed E-state index contributed by atoms with van der Waals surface area (Å²) in [5, 5.41) is 0.680. The SMILES string of the molecule is Cc1ccc(COc2ccc(C)cc2C=O)c(Cl)c1. The molecule has 2 aromatic carbocycles. The van der Waals surface area contributed by atoms with Crippen molar-refractivity contribution < 1.29 is 9.53 Å². The summed E-state index contributed by atoms with van der Waals surface area (Å²) < 4.78 is 5.67. The molecule has 0 aliphatic heterocycles. The predicted octanol–water partition coefficient (Wildman–Crippen LogP) is 4.35. The Hall–Kier alpha value is -1.80. The van der Waals surface area contributed by atoms with Gasteiger partial charge in [-0.15, -0.1) is 0 Å². The number of benzene rings is 2. The Balaban J connectivity index is 2.16. The predicted molar refractivity (Wildman–Crippen MR) is 77.1 cm³/mol. The summed E-state index contributed by atoms with van der Waals surface area (Å²) in [7, 11) is 0. The monoisotopic (exact) mass is 274 g/mol. The first-order chi connectivity index (χ1) is 9.10. The Kier molecular flexibility index (Phi) is 4.23. The van der Waals surface area contributed by atoms with E-state index in [0.717, 1.165) is 23.0 Å². The molecule has 0 heterocycles. The van der Waals surface area contributed by atoms with Crippen molar-refractivity contribution in [1.82, 2.24) is 0 Å². The van der Waals surface area contributed by atoms with E-state index in [2.05, 4.69) is 0 Å². The molecule has 0 saturated heterocycles. The fourth-order valence-corrected chi connectivity index (χ4v) is 2.11. The second-order valence-corrected chi connectivity index (χ2v) is 4.95. The van der Waals surface area contributed by atoms with Gasteiger partial charge in [-0.25, -0.2) is 0 Å². The third-order valence-electron chi connectivity index (χ3n) is 2.88. The van der Waals surface area contributed by atoms with Crippen molar-refractivity contribution in [1.29, 1.82) is 0 Å². The quantitative estimate of drug-likeness (QED) is 0.775. The van der Waals surface area contributed by atoms with E-state index in [1.165, 1.54) is 0 Å². The summed E-state index contributed by atoms with van der Waals surface area (Å²) in [5.41, 5.74) is 3.61. The zero-order valence-corrected chi connectivity index (χ0v) is 11.7. The van der Waals surface area contributed by atoms with Crippen molar-refractivity contribution in [3.63, 3.8) is 0 Å². The molecule has 98 valence electrons. The van der Waals surface area contributed by atoms with Crippen LogP contribution in [0.25, 0.3) is 0 Å². The number of ether oxygens (including phenoxy) is 1. The molecule has 0 aromatic heterocycles. The molecule has 0 spiro atoms. The van der Waals surface area contributed by atoms with Gasteiger partial charge < -0.3 is 4.74 Å². The minimum Gasteiger partial charge on any atom is -0.488 e. The van der Waals surface area contributed by atoms with Gasteiger partial charge in [0, 0.05) is 10.6 Å². The number of carbonyl (C=O) groups is 1. The highest BCUT2D eigenvalue weighted by Crippen LogP contribution is 2.22. The van der Waals surface area contributed by atoms with Crippen LogP contribution >= 0.6 is 11.6 Å². The summed E-state index contributed by atoms with van der Waals surface area (Å²) in [6.07, 6.45) is 0.805. The Morgan fingerprint density at radius 1 is 1.11 bits per heavy atom. The number of carbonyl (C=O) groups excluding carboxylic acids is 1. The molecule has 0 radical (unpaired) electrons. The van der Waals surface area contributed by atoms with Gasteiger partial charge in [-0.3, -0.25) is 4.79 Å². The Morgan fingerprint density at radius 2 is 1.79 bits per heavy atom. The van der Waals surface area contributed by atoms with E-state index < -0.39 is 0 Å². The maximum absolute atomic E-state index is 11.0. The van der Waals surface area contributed by atoms with Gasteiger partial charge in [0.05, 0.1) is 5.56 Å². The lowest BCUT2D eigenvalue weighted by Crippen LogP contribution is -1.99. The normalized spacial score (nSPS) is 10.3. The van der Waals surface area contributed by atoms with Gasteiger partial charge >= 0.3 is 0 Å². The van der Waals surface area contributed by atoms with Crippen molar-refractivity contribution in [3.05, 3.63) is 63.7 Å². The number of rotatable bonds is 4. The van der Waals surface area contributed by atoms with Gasteiger partial charge in [0.15, 0.2) is 6.29 Å². The van der Waals surface area contributed by atoms with Gasteiger partial charge in [0.1, 0.15) is 12.4 Å². The molecule has 2 nitrogen and oxygen atoms in total. The molecular weight excluding hydrogens is 260 g/mol. The van der Waals surface area contributed by atoms with Crippen molar-refractivity contribution in [2.75, 3.05) is 0 Å². The standard InChI is InChI=1S/C16H15ClO2/c1-11-4-6-16(14(7-11)9-18)19-10-13-5-3-12(2)8-15(13)17/h3-9H,10H2,1-2H3. The third-order valence-corrected chi connectivity index (χ3v) is 3.24. The molecule has 19 heavy (non-hydrogen) atoms. The molecule has 0 amide bonds. The fraction of sp³-hybridized carbons (Fsp3) is 0.188. The summed E-state index contributed by atoms with van der Waals surface area (Å²) in [6.45, 7) is 4.28. The Morgan fingerprint density at radius 3 is 2.47 bits per heavy atom. The van der Waals surface area contributed by atoms with Crippen LogP contribution in [0.1, 0.15) is 27.0 Å². The molecular formula is C16H15ClO2. The fourth-order valence-electron chi connectivity index (χ4n) is 1.82. The van der Waals surface area contributed by atoms with Crippen molar-refractivity contribution in [2.45, 2.75) is 20.5 Å². The van der Waals surface area contributed by atoms with Crippen LogP contribution in [0.5, 0.6) is 5.75 Å². The lowest BCUT2D eigenvalue weighted by atomic mass is 10.1. The highest BCUT2D eigenvalue weighted by atomic mass is 35.5. The molecule has 0 atom stereocenters. The topological polar surface area (TPSA) is 26.3 Å². The van der Waals surface area contributed by atoms with Crippen LogP contribution in [0.4, 0.5) is 0 Å². The van der Waals surface area contributed by atoms with E-state index in [-0.39, 0.29) is 0 Å². The first-order valence-electron chi connectivity index (χ1n) is 6.04. The summed E-state index contributed by atoms with van der Waals surface area (Å²) in [6, 6.07) is 11.3. The van der Waals surface area contributed by atoms with Crippen molar-refractivity contribution >= 4 is 17.9 Å². The van der Waals surface area contributed by atoms with Crippen LogP contribution in [0.15, 0.2) is 36.4 Å². The van der Waals surface area contributed by atoms with Gasteiger partial charge in [0.2, 0.25) is 0 Å². The minimum absolute atomic E-state index is 0.350. The zero-order chi connectivity index (χ0) is 13.8. The second-order valence-electron chi connectivity index (χ2n) is 4.54. The summed E-state index contributed by atoms with van der Waals surface area (Å²) in [4.78, 5) is 11.0. The van der Waals surface area contributed by atoms with Crippen LogP contribution in [0.2, 0.25) is 5.02 Å². The Bertz CT molecular complexity index is 606. The first-order valence-corrected chi connectivity index (χ1v) is 6.41. The van der Waals surface area contributed by atoms with Crippen LogP contribution in [0, 0.1) is 13.8 Å². The lowest BCUT2D eigenvalue weighted by molar-refractivity contribution is 0.111. The van der Waals surface area contributed by atoms with Gasteiger partial charge in [0.25, 0.3) is 0 Å². The van der Waals surface area contributed by atoms with Crippen molar-refractivity contribution in [2.24, 2.45) is 0 Å². The zero-order valence-electron chi connectivity index (χ0n) is 10.9. The highest BCUT2D eigenvalue weighted by molar-refractivity contribution is 6.31. The van der Waals surface area contributed by atoms with Crippen LogP contribution in [-0.2, 0) is 6.61 Å². The van der Waals surface area contributed by atoms with Gasteiger partial charge in [-0.1, -0.05) is 35.4 Å². The number of aryl methyl sites for hydroxylation is 2. The first kappa shape index (κ1) is 13.6. The number of halogens is 1. The lowest BCUT2D eigenvalue weighted by Gasteiger charge is -2.10. The van der Waals surface area contributed by atoms with Crippen LogP contribution in [0.3, 0.4) is 0 Å². The molecule has 0 aliphatic carbocycles. The largest absolute Gasteiger partial charge is 0.488 e. The van der Waals surface area contributed by atoms with E-state index in [0.29, 0.717) is 22.9 Å². The minimum atomic E-state index is 0.350. The van der Waals surface area contributed by atoms with Crippen LogP contribution < -0.4 is 4.74 Å². The molecule has 0 fully saturated rings. The second kappa shape index (κ2) is 5.89. The molecule has 0 unspecified atom stereocenters. The van der Waals surface area contributed by atoms with E-state index in [1.807, 2.05) is 38.1 Å². The average Bonchev–Trinajstić information content (AvgIpc) is 2.39. The van der Waals surface area contributed by atoms with E-state index in [4.69, 9.17) is 16.3 Å². The number of hydrogen-bond donors (Lipinski definition) is 0.